The molecule has 3 amide bonds. The lowest BCUT2D eigenvalue weighted by molar-refractivity contribution is -0.129. The van der Waals surface area contributed by atoms with Crippen molar-refractivity contribution in [3.05, 3.63) is 29.8 Å². The fourth-order valence-electron chi connectivity index (χ4n) is 4.20. The fourth-order valence-corrected chi connectivity index (χ4v) is 5.94. The molecule has 0 saturated carbocycles. The molecule has 9 nitrogen and oxygen atoms in total. The molecule has 3 heterocycles. The Labute approximate surface area is 175 Å². The molecule has 3 aliphatic rings. The highest BCUT2D eigenvalue weighted by molar-refractivity contribution is 7.91. The molecule has 0 aromatic heterocycles. The monoisotopic (exact) mass is 435 g/mol. The van der Waals surface area contributed by atoms with Crippen molar-refractivity contribution in [3.63, 3.8) is 0 Å². The van der Waals surface area contributed by atoms with Crippen LogP contribution in [0.25, 0.3) is 0 Å². The van der Waals surface area contributed by atoms with Gasteiger partial charge in [0.2, 0.25) is 11.8 Å². The predicted octanol–water partition coefficient (Wildman–Crippen LogP) is 0.133. The second-order valence-electron chi connectivity index (χ2n) is 7.98. The molecule has 3 aliphatic heterocycles. The van der Waals surface area contributed by atoms with E-state index < -0.39 is 15.8 Å². The van der Waals surface area contributed by atoms with Crippen LogP contribution in [0, 0.1) is 5.92 Å². The van der Waals surface area contributed by atoms with E-state index in [1.54, 1.807) is 29.2 Å². The number of sulfone groups is 1. The van der Waals surface area contributed by atoms with Gasteiger partial charge >= 0.3 is 0 Å². The van der Waals surface area contributed by atoms with E-state index in [-0.39, 0.29) is 48.2 Å². The van der Waals surface area contributed by atoms with Gasteiger partial charge in [-0.3, -0.25) is 14.4 Å². The van der Waals surface area contributed by atoms with E-state index in [1.807, 2.05) is 0 Å². The molecule has 2 atom stereocenters. The molecule has 0 bridgehead atoms. The lowest BCUT2D eigenvalue weighted by Crippen LogP contribution is -2.40. The summed E-state index contributed by atoms with van der Waals surface area (Å²) < 4.78 is 28.7. The molecule has 162 valence electrons. The number of nitrogens with one attached hydrogen (secondary N) is 1. The Hall–Kier alpha value is -2.46. The van der Waals surface area contributed by atoms with E-state index in [4.69, 9.17) is 4.74 Å². The minimum Gasteiger partial charge on any atom is -0.378 e. The molecule has 0 spiro atoms. The highest BCUT2D eigenvalue weighted by Crippen LogP contribution is 2.27. The topological polar surface area (TPSA) is 113 Å². The van der Waals surface area contributed by atoms with Gasteiger partial charge in [0.25, 0.3) is 5.91 Å². The first-order valence-corrected chi connectivity index (χ1v) is 11.9. The van der Waals surface area contributed by atoms with Crippen LogP contribution in [0.4, 0.5) is 5.69 Å². The van der Waals surface area contributed by atoms with Crippen LogP contribution in [0.2, 0.25) is 0 Å². The van der Waals surface area contributed by atoms with E-state index in [0.717, 1.165) is 0 Å². The number of morpholine rings is 1. The standard InChI is InChI=1S/C20H25N3O6S/c24-18-11-15(12-23(18)17-4-9-30(27,28)13-17)19(25)21-16-3-1-2-14(10-16)20(26)22-5-7-29-8-6-22/h1-3,10,15,17H,4-9,11-13H2,(H,21,25)/t15-,17-/m1/s1. The number of likely N-dealkylation sites (tertiary alicyclic amines) is 1. The molecular formula is C20H25N3O6S. The van der Waals surface area contributed by atoms with Gasteiger partial charge in [-0.15, -0.1) is 0 Å². The fraction of sp³-hybridized carbons (Fsp3) is 0.550. The summed E-state index contributed by atoms with van der Waals surface area (Å²) >= 11 is 0. The molecule has 1 N–H and O–H groups in total. The normalized spacial score (nSPS) is 26.1. The summed E-state index contributed by atoms with van der Waals surface area (Å²) in [5, 5.41) is 2.80. The number of amides is 3. The van der Waals surface area contributed by atoms with E-state index in [1.165, 1.54) is 4.90 Å². The average molecular weight is 436 g/mol. The minimum atomic E-state index is -3.10. The number of anilines is 1. The molecular weight excluding hydrogens is 410 g/mol. The van der Waals surface area contributed by atoms with Gasteiger partial charge in [0.05, 0.1) is 30.6 Å². The Balaban J connectivity index is 1.38. The maximum absolute atomic E-state index is 12.7. The van der Waals surface area contributed by atoms with Gasteiger partial charge in [-0.1, -0.05) is 6.07 Å². The predicted molar refractivity (Wildman–Crippen MR) is 109 cm³/mol. The number of carbonyl (C=O) groups excluding carboxylic acids is 3. The molecule has 3 fully saturated rings. The van der Waals surface area contributed by atoms with Gasteiger partial charge in [-0.05, 0) is 24.6 Å². The van der Waals surface area contributed by atoms with Crippen LogP contribution in [-0.4, -0.2) is 86.3 Å². The summed E-state index contributed by atoms with van der Waals surface area (Å²) in [4.78, 5) is 40.9. The van der Waals surface area contributed by atoms with Crippen LogP contribution < -0.4 is 5.32 Å². The summed E-state index contributed by atoms with van der Waals surface area (Å²) in [6.45, 7) is 2.31. The lowest BCUT2D eigenvalue weighted by atomic mass is 10.1. The van der Waals surface area contributed by atoms with Gasteiger partial charge in [-0.25, -0.2) is 8.42 Å². The van der Waals surface area contributed by atoms with Crippen LogP contribution in [0.15, 0.2) is 24.3 Å². The average Bonchev–Trinajstić information content (AvgIpc) is 3.30. The van der Waals surface area contributed by atoms with Crippen LogP contribution in [-0.2, 0) is 24.2 Å². The van der Waals surface area contributed by atoms with Crippen LogP contribution in [0.3, 0.4) is 0 Å². The van der Waals surface area contributed by atoms with Crippen LogP contribution >= 0.6 is 0 Å². The summed E-state index contributed by atoms with van der Waals surface area (Å²) in [6.07, 6.45) is 0.489. The number of ether oxygens (including phenoxy) is 1. The molecule has 10 heteroatoms. The van der Waals surface area contributed by atoms with Crippen molar-refractivity contribution in [2.45, 2.75) is 18.9 Å². The Kier molecular flexibility index (Phi) is 5.79. The van der Waals surface area contributed by atoms with Crippen LogP contribution in [0.5, 0.6) is 0 Å². The van der Waals surface area contributed by atoms with Crippen molar-refractivity contribution < 1.29 is 27.5 Å². The smallest absolute Gasteiger partial charge is 0.254 e. The maximum Gasteiger partial charge on any atom is 0.254 e. The van der Waals surface area contributed by atoms with E-state index in [2.05, 4.69) is 5.32 Å². The second kappa shape index (κ2) is 8.35. The number of hydrogen-bond acceptors (Lipinski definition) is 6. The van der Waals surface area contributed by atoms with Gasteiger partial charge < -0.3 is 19.9 Å². The molecule has 1 aromatic rings. The highest BCUT2D eigenvalue weighted by atomic mass is 32.2. The van der Waals surface area contributed by atoms with E-state index in [0.29, 0.717) is 44.0 Å². The first kappa shape index (κ1) is 20.8. The number of hydrogen-bond donors (Lipinski definition) is 1. The Morgan fingerprint density at radius 1 is 1.17 bits per heavy atom. The molecule has 1 aromatic carbocycles. The van der Waals surface area contributed by atoms with Gasteiger partial charge in [0, 0.05) is 43.3 Å². The van der Waals surface area contributed by atoms with Gasteiger partial charge in [-0.2, -0.15) is 0 Å². The first-order chi connectivity index (χ1) is 14.3. The third-order valence-corrected chi connectivity index (χ3v) is 7.60. The molecule has 3 saturated heterocycles. The van der Waals surface area contributed by atoms with Gasteiger partial charge in [0.15, 0.2) is 9.84 Å². The molecule has 4 rings (SSSR count). The zero-order valence-corrected chi connectivity index (χ0v) is 17.4. The zero-order chi connectivity index (χ0) is 21.3. The van der Waals surface area contributed by atoms with Crippen molar-refractivity contribution >= 4 is 33.2 Å². The number of carbonyl (C=O) groups is 3. The summed E-state index contributed by atoms with van der Waals surface area (Å²) in [5.74, 6) is -1.09. The lowest BCUT2D eigenvalue weighted by Gasteiger charge is -2.27. The summed E-state index contributed by atoms with van der Waals surface area (Å²) in [7, 11) is -3.10. The van der Waals surface area contributed by atoms with E-state index in [9.17, 15) is 22.8 Å². The minimum absolute atomic E-state index is 0.0290. The summed E-state index contributed by atoms with van der Waals surface area (Å²) in [5.41, 5.74) is 0.975. The molecule has 0 aliphatic carbocycles. The second-order valence-corrected chi connectivity index (χ2v) is 10.2. The molecule has 0 radical (unpaired) electrons. The van der Waals surface area contributed by atoms with Crippen molar-refractivity contribution in [2.24, 2.45) is 5.92 Å². The van der Waals surface area contributed by atoms with Crippen molar-refractivity contribution in [1.82, 2.24) is 9.80 Å². The van der Waals surface area contributed by atoms with Crippen LogP contribution in [0.1, 0.15) is 23.2 Å². The quantitative estimate of drug-likeness (QED) is 0.720. The van der Waals surface area contributed by atoms with Crippen molar-refractivity contribution in [1.29, 1.82) is 0 Å². The third kappa shape index (κ3) is 4.49. The SMILES string of the molecule is O=C(Nc1cccc(C(=O)N2CCOCC2)c1)[C@@H]1CC(=O)N([C@@H]2CCS(=O)(=O)C2)C1. The Morgan fingerprint density at radius 3 is 2.63 bits per heavy atom. The highest BCUT2D eigenvalue weighted by Gasteiger charge is 2.41. The third-order valence-electron chi connectivity index (χ3n) is 5.85. The Bertz CT molecular complexity index is 957. The largest absolute Gasteiger partial charge is 0.378 e. The first-order valence-electron chi connectivity index (χ1n) is 10.1. The Morgan fingerprint density at radius 2 is 1.93 bits per heavy atom. The van der Waals surface area contributed by atoms with Crippen molar-refractivity contribution in [2.75, 3.05) is 49.7 Å². The number of nitrogens with zero attached hydrogens (tertiary/aromatic N) is 2. The van der Waals surface area contributed by atoms with Gasteiger partial charge in [0.1, 0.15) is 0 Å². The van der Waals surface area contributed by atoms with Crippen molar-refractivity contribution in [3.8, 4) is 0 Å². The maximum atomic E-state index is 12.7. The number of rotatable bonds is 4. The summed E-state index contributed by atoms with van der Waals surface area (Å²) in [6, 6.07) is 6.41. The number of benzene rings is 1. The zero-order valence-electron chi connectivity index (χ0n) is 16.6. The molecule has 0 unspecified atom stereocenters. The molecule has 30 heavy (non-hydrogen) atoms. The van der Waals surface area contributed by atoms with E-state index >= 15 is 0 Å².